The van der Waals surface area contributed by atoms with Gasteiger partial charge in [0, 0.05) is 17.2 Å². The van der Waals surface area contributed by atoms with Crippen LogP contribution in [0.1, 0.15) is 37.0 Å². The number of anilines is 3. The van der Waals surface area contributed by atoms with E-state index in [2.05, 4.69) is 46.6 Å². The zero-order valence-electron chi connectivity index (χ0n) is 13.4. The molecular weight excluding hydrogens is 294 g/mol. The fourth-order valence-corrected chi connectivity index (χ4v) is 1.92. The summed E-state index contributed by atoms with van der Waals surface area (Å²) in [6.45, 7) is 6.42. The second-order valence-corrected chi connectivity index (χ2v) is 6.02. The number of pyridine rings is 1. The van der Waals surface area contributed by atoms with Crippen LogP contribution in [-0.2, 0) is 5.41 Å². The Morgan fingerprint density at radius 3 is 2.57 bits per heavy atom. The Hall–Kier alpha value is -2.74. The van der Waals surface area contributed by atoms with Gasteiger partial charge < -0.3 is 22.1 Å². The van der Waals surface area contributed by atoms with Crippen LogP contribution in [0.25, 0.3) is 0 Å². The number of primary amides is 1. The van der Waals surface area contributed by atoms with Crippen molar-refractivity contribution in [1.82, 2.24) is 15.2 Å². The molecule has 2 rings (SSSR count). The molecule has 8 heteroatoms. The lowest BCUT2D eigenvalue weighted by Gasteiger charge is -2.19. The third-order valence-electron chi connectivity index (χ3n) is 3.09. The van der Waals surface area contributed by atoms with Gasteiger partial charge in [-0.3, -0.25) is 4.79 Å². The summed E-state index contributed by atoms with van der Waals surface area (Å²) >= 11 is 0. The Bertz CT molecular complexity index is 709. The van der Waals surface area contributed by atoms with Crippen LogP contribution in [0, 0.1) is 0 Å². The van der Waals surface area contributed by atoms with E-state index in [4.69, 9.17) is 11.5 Å². The van der Waals surface area contributed by atoms with Gasteiger partial charge in [-0.2, -0.15) is 0 Å². The summed E-state index contributed by atoms with van der Waals surface area (Å²) in [4.78, 5) is 16.1. The molecule has 8 nitrogen and oxygen atoms in total. The molecule has 0 unspecified atom stereocenters. The Labute approximate surface area is 134 Å². The maximum Gasteiger partial charge on any atom is 0.271 e. The molecule has 1 amide bonds. The van der Waals surface area contributed by atoms with Gasteiger partial charge in [-0.05, 0) is 12.1 Å². The van der Waals surface area contributed by atoms with Crippen LogP contribution >= 0.6 is 0 Å². The van der Waals surface area contributed by atoms with E-state index in [1.807, 2.05) is 12.1 Å². The zero-order valence-corrected chi connectivity index (χ0v) is 13.4. The van der Waals surface area contributed by atoms with Crippen LogP contribution in [0.15, 0.2) is 24.3 Å². The third kappa shape index (κ3) is 4.13. The van der Waals surface area contributed by atoms with Crippen molar-refractivity contribution in [1.29, 1.82) is 0 Å². The minimum Gasteiger partial charge on any atom is -0.364 e. The number of amides is 1. The highest BCUT2D eigenvalue weighted by Crippen LogP contribution is 2.24. The van der Waals surface area contributed by atoms with Gasteiger partial charge in [-0.25, -0.2) is 4.98 Å². The van der Waals surface area contributed by atoms with Gasteiger partial charge >= 0.3 is 0 Å². The van der Waals surface area contributed by atoms with Crippen LogP contribution in [0.5, 0.6) is 0 Å². The number of nitrogens with zero attached hydrogens (tertiary/aromatic N) is 3. The molecule has 0 aliphatic carbocycles. The SMILES string of the molecule is CC(C)(C)c1cccc(Nc2cc(NCN)nnc2C(N)=O)n1. The summed E-state index contributed by atoms with van der Waals surface area (Å²) in [6.07, 6.45) is 0. The number of nitrogens with one attached hydrogen (secondary N) is 2. The predicted molar refractivity (Wildman–Crippen MR) is 89.4 cm³/mol. The lowest BCUT2D eigenvalue weighted by atomic mass is 9.92. The van der Waals surface area contributed by atoms with E-state index in [9.17, 15) is 4.79 Å². The van der Waals surface area contributed by atoms with Crippen molar-refractivity contribution in [3.05, 3.63) is 35.7 Å². The molecule has 0 aromatic carbocycles. The molecule has 0 atom stereocenters. The van der Waals surface area contributed by atoms with E-state index < -0.39 is 5.91 Å². The highest BCUT2D eigenvalue weighted by molar-refractivity contribution is 5.97. The van der Waals surface area contributed by atoms with E-state index in [1.54, 1.807) is 12.1 Å². The van der Waals surface area contributed by atoms with Crippen molar-refractivity contribution in [2.45, 2.75) is 26.2 Å². The molecule has 122 valence electrons. The van der Waals surface area contributed by atoms with Crippen LogP contribution < -0.4 is 22.1 Å². The number of nitrogens with two attached hydrogens (primary N) is 2. The summed E-state index contributed by atoms with van der Waals surface area (Å²) in [5.41, 5.74) is 12.1. The first-order valence-corrected chi connectivity index (χ1v) is 7.17. The first-order valence-electron chi connectivity index (χ1n) is 7.17. The predicted octanol–water partition coefficient (Wildman–Crippen LogP) is 1.34. The van der Waals surface area contributed by atoms with Gasteiger partial charge in [-0.15, -0.1) is 10.2 Å². The first-order chi connectivity index (χ1) is 10.8. The molecule has 0 aliphatic heterocycles. The summed E-state index contributed by atoms with van der Waals surface area (Å²) < 4.78 is 0. The molecule has 23 heavy (non-hydrogen) atoms. The standard InChI is InChI=1S/C15H21N7O/c1-15(2,3)10-5-4-6-11(20-10)19-9-7-12(18-8-16)21-22-13(9)14(17)23/h4-7H,8,16H2,1-3H3,(H2,17,23)(H2,18,19,20,21). The highest BCUT2D eigenvalue weighted by atomic mass is 16.1. The number of hydrogen-bond acceptors (Lipinski definition) is 7. The lowest BCUT2D eigenvalue weighted by molar-refractivity contribution is 0.0995. The second kappa shape index (κ2) is 6.57. The Kier molecular flexibility index (Phi) is 4.75. The smallest absolute Gasteiger partial charge is 0.271 e. The minimum atomic E-state index is -0.675. The molecule has 2 heterocycles. The maximum atomic E-state index is 11.5. The van der Waals surface area contributed by atoms with Crippen LogP contribution in [0.4, 0.5) is 17.3 Å². The second-order valence-electron chi connectivity index (χ2n) is 6.02. The maximum absolute atomic E-state index is 11.5. The van der Waals surface area contributed by atoms with E-state index >= 15 is 0 Å². The van der Waals surface area contributed by atoms with Crippen LogP contribution in [-0.4, -0.2) is 27.8 Å². The molecule has 0 saturated carbocycles. The average Bonchev–Trinajstić information content (AvgIpc) is 2.47. The normalized spacial score (nSPS) is 11.1. The fraction of sp³-hybridized carbons (Fsp3) is 0.333. The Morgan fingerprint density at radius 2 is 1.96 bits per heavy atom. The summed E-state index contributed by atoms with van der Waals surface area (Å²) in [5, 5.41) is 13.6. The number of carbonyl (C=O) groups excluding carboxylic acids is 1. The molecular formula is C15H21N7O. The number of hydrogen-bond donors (Lipinski definition) is 4. The number of carbonyl (C=O) groups is 1. The van der Waals surface area contributed by atoms with Gasteiger partial charge in [0.25, 0.3) is 5.91 Å². The van der Waals surface area contributed by atoms with E-state index in [0.717, 1.165) is 5.69 Å². The molecule has 0 saturated heterocycles. The molecule has 0 radical (unpaired) electrons. The summed E-state index contributed by atoms with van der Waals surface area (Å²) in [5.74, 6) is 0.352. The van der Waals surface area contributed by atoms with Crippen molar-refractivity contribution in [3.63, 3.8) is 0 Å². The molecule has 2 aromatic rings. The molecule has 0 aliphatic rings. The first kappa shape index (κ1) is 16.6. The summed E-state index contributed by atoms with van der Waals surface area (Å²) in [6, 6.07) is 7.27. The topological polar surface area (TPSA) is 132 Å². The number of aromatic nitrogens is 3. The van der Waals surface area contributed by atoms with Gasteiger partial charge in [0.1, 0.15) is 5.82 Å². The highest BCUT2D eigenvalue weighted by Gasteiger charge is 2.17. The monoisotopic (exact) mass is 315 g/mol. The van der Waals surface area contributed by atoms with Crippen LogP contribution in [0.2, 0.25) is 0 Å². The third-order valence-corrected chi connectivity index (χ3v) is 3.09. The Morgan fingerprint density at radius 1 is 1.22 bits per heavy atom. The zero-order chi connectivity index (χ0) is 17.0. The molecule has 2 aromatic heterocycles. The number of rotatable bonds is 5. The van der Waals surface area contributed by atoms with Gasteiger partial charge in [0.15, 0.2) is 11.5 Å². The van der Waals surface area contributed by atoms with Crippen molar-refractivity contribution >= 4 is 23.2 Å². The average molecular weight is 315 g/mol. The quantitative estimate of drug-likeness (QED) is 0.612. The minimum absolute atomic E-state index is 0.0375. The van der Waals surface area contributed by atoms with E-state index in [0.29, 0.717) is 17.3 Å². The molecule has 0 fully saturated rings. The lowest BCUT2D eigenvalue weighted by Crippen LogP contribution is -2.19. The van der Waals surface area contributed by atoms with Crippen molar-refractivity contribution in [2.75, 3.05) is 17.3 Å². The largest absolute Gasteiger partial charge is 0.364 e. The van der Waals surface area contributed by atoms with E-state index in [-0.39, 0.29) is 17.8 Å². The molecule has 0 spiro atoms. The Balaban J connectivity index is 2.38. The van der Waals surface area contributed by atoms with Gasteiger partial charge in [0.2, 0.25) is 0 Å². The fourth-order valence-electron chi connectivity index (χ4n) is 1.92. The van der Waals surface area contributed by atoms with Crippen molar-refractivity contribution in [3.8, 4) is 0 Å². The van der Waals surface area contributed by atoms with E-state index in [1.165, 1.54) is 0 Å². The molecule has 6 N–H and O–H groups in total. The summed E-state index contributed by atoms with van der Waals surface area (Å²) in [7, 11) is 0. The molecule has 0 bridgehead atoms. The van der Waals surface area contributed by atoms with Crippen LogP contribution in [0.3, 0.4) is 0 Å². The van der Waals surface area contributed by atoms with Crippen molar-refractivity contribution in [2.24, 2.45) is 11.5 Å². The van der Waals surface area contributed by atoms with Gasteiger partial charge in [-0.1, -0.05) is 26.8 Å². The van der Waals surface area contributed by atoms with Crippen molar-refractivity contribution < 1.29 is 4.79 Å². The van der Waals surface area contributed by atoms with Gasteiger partial charge in [0.05, 0.1) is 12.4 Å².